The quantitative estimate of drug-likeness (QED) is 0.912. The number of hydrogen-bond acceptors (Lipinski definition) is 4. The Hall–Kier alpha value is -2.25. The summed E-state index contributed by atoms with van der Waals surface area (Å²) in [7, 11) is 1.19. The van der Waals surface area contributed by atoms with E-state index in [1.165, 1.54) is 13.1 Å². The Labute approximate surface area is 106 Å². The fraction of sp³-hybridized carbons (Fsp3) is 0.273. The van der Waals surface area contributed by atoms with Gasteiger partial charge in [-0.25, -0.2) is 4.98 Å². The van der Waals surface area contributed by atoms with Crippen molar-refractivity contribution in [2.24, 2.45) is 7.05 Å². The number of anilines is 1. The van der Waals surface area contributed by atoms with Crippen molar-refractivity contribution in [1.82, 2.24) is 14.8 Å². The summed E-state index contributed by atoms with van der Waals surface area (Å²) in [5.41, 5.74) is 5.70. The third-order valence-electron chi connectivity index (χ3n) is 2.46. The van der Waals surface area contributed by atoms with E-state index in [2.05, 4.69) is 10.1 Å². The van der Waals surface area contributed by atoms with Gasteiger partial charge in [0.15, 0.2) is 0 Å². The van der Waals surface area contributed by atoms with Gasteiger partial charge in [0.25, 0.3) is 0 Å². The number of aromatic nitrogens is 3. The molecule has 0 radical (unpaired) electrons. The monoisotopic (exact) mass is 272 g/mol. The number of halogens is 3. The van der Waals surface area contributed by atoms with Gasteiger partial charge in [-0.1, -0.05) is 0 Å². The Morgan fingerprint density at radius 1 is 1.26 bits per heavy atom. The van der Waals surface area contributed by atoms with Crippen molar-refractivity contribution < 1.29 is 17.9 Å². The molecule has 2 rings (SSSR count). The Bertz CT molecular complexity index is 606. The Balaban J connectivity index is 2.27. The summed E-state index contributed by atoms with van der Waals surface area (Å²) in [5, 5.41) is 3.63. The van der Waals surface area contributed by atoms with Gasteiger partial charge < -0.3 is 10.5 Å². The molecule has 0 aliphatic heterocycles. The first-order valence-electron chi connectivity index (χ1n) is 5.29. The molecule has 5 nitrogen and oxygen atoms in total. The van der Waals surface area contributed by atoms with Crippen LogP contribution in [0, 0.1) is 6.92 Å². The number of rotatable bonds is 2. The number of ether oxygens (including phenoxy) is 1. The predicted molar refractivity (Wildman–Crippen MR) is 61.7 cm³/mol. The maximum absolute atomic E-state index is 12.6. The molecule has 102 valence electrons. The molecule has 0 atom stereocenters. The van der Waals surface area contributed by atoms with E-state index < -0.39 is 11.9 Å². The van der Waals surface area contributed by atoms with Crippen molar-refractivity contribution in [3.63, 3.8) is 0 Å². The van der Waals surface area contributed by atoms with Crippen LogP contribution in [0.15, 0.2) is 18.2 Å². The molecule has 8 heteroatoms. The van der Waals surface area contributed by atoms with Gasteiger partial charge in [-0.15, -0.1) is 5.10 Å². The van der Waals surface area contributed by atoms with Crippen LogP contribution in [0.5, 0.6) is 11.8 Å². The van der Waals surface area contributed by atoms with Gasteiger partial charge in [-0.2, -0.15) is 13.2 Å². The molecule has 0 aliphatic rings. The number of alkyl halides is 3. The molecule has 2 N–H and O–H groups in total. The van der Waals surface area contributed by atoms with Crippen molar-refractivity contribution in [2.45, 2.75) is 13.1 Å². The summed E-state index contributed by atoms with van der Waals surface area (Å²) in [6.07, 6.45) is -4.48. The molecule has 0 fully saturated rings. The largest absolute Gasteiger partial charge is 0.433 e. The highest BCUT2D eigenvalue weighted by Crippen LogP contribution is 2.32. The van der Waals surface area contributed by atoms with Gasteiger partial charge in [0, 0.05) is 19.2 Å². The fourth-order valence-corrected chi connectivity index (χ4v) is 1.47. The molecule has 2 aromatic rings. The highest BCUT2D eigenvalue weighted by atomic mass is 19.4. The van der Waals surface area contributed by atoms with Crippen LogP contribution in [0.25, 0.3) is 0 Å². The van der Waals surface area contributed by atoms with E-state index in [-0.39, 0.29) is 11.8 Å². The maximum Gasteiger partial charge on any atom is 0.433 e. The van der Waals surface area contributed by atoms with Crippen molar-refractivity contribution >= 4 is 5.69 Å². The molecule has 2 heterocycles. The topological polar surface area (TPSA) is 66.0 Å². The molecule has 0 spiro atoms. The van der Waals surface area contributed by atoms with Crippen LogP contribution in [-0.2, 0) is 13.2 Å². The number of nitrogens with zero attached hydrogens (tertiary/aromatic N) is 3. The van der Waals surface area contributed by atoms with E-state index in [4.69, 9.17) is 10.5 Å². The number of pyridine rings is 1. The van der Waals surface area contributed by atoms with E-state index >= 15 is 0 Å². The molecule has 0 bridgehead atoms. The second kappa shape index (κ2) is 4.45. The lowest BCUT2D eigenvalue weighted by Gasteiger charge is -2.04. The molecule has 0 aromatic carbocycles. The van der Waals surface area contributed by atoms with Gasteiger partial charge in [0.1, 0.15) is 5.69 Å². The molecule has 0 saturated carbocycles. The number of hydrogen-bond donors (Lipinski definition) is 1. The standard InChI is InChI=1S/C11H11F3N4O/c1-6-7(15)3-4-9(16-6)19-10-5-8(11(12,13)14)18(2)17-10/h3-5H,15H2,1-2H3. The van der Waals surface area contributed by atoms with Crippen LogP contribution in [-0.4, -0.2) is 14.8 Å². The second-order valence-electron chi connectivity index (χ2n) is 3.92. The molecule has 19 heavy (non-hydrogen) atoms. The van der Waals surface area contributed by atoms with Gasteiger partial charge >= 0.3 is 6.18 Å². The average molecular weight is 272 g/mol. The van der Waals surface area contributed by atoms with Crippen molar-refractivity contribution in [1.29, 1.82) is 0 Å². The summed E-state index contributed by atoms with van der Waals surface area (Å²) in [6, 6.07) is 3.84. The molecule has 0 amide bonds. The highest BCUT2D eigenvalue weighted by Gasteiger charge is 2.35. The van der Waals surface area contributed by atoms with Crippen LogP contribution >= 0.6 is 0 Å². The van der Waals surface area contributed by atoms with Gasteiger partial charge in [0.05, 0.1) is 11.4 Å². The highest BCUT2D eigenvalue weighted by molar-refractivity contribution is 5.44. The first-order valence-corrected chi connectivity index (χ1v) is 5.29. The minimum atomic E-state index is -4.48. The zero-order chi connectivity index (χ0) is 14.2. The van der Waals surface area contributed by atoms with Crippen LogP contribution in [0.2, 0.25) is 0 Å². The molecule has 0 saturated heterocycles. The lowest BCUT2D eigenvalue weighted by atomic mass is 10.3. The smallest absolute Gasteiger partial charge is 0.419 e. The number of nitrogens with two attached hydrogens (primary N) is 1. The van der Waals surface area contributed by atoms with Crippen molar-refractivity contribution in [2.75, 3.05) is 5.73 Å². The third-order valence-corrected chi connectivity index (χ3v) is 2.46. The van der Waals surface area contributed by atoms with Crippen LogP contribution in [0.1, 0.15) is 11.4 Å². The summed E-state index contributed by atoms with van der Waals surface area (Å²) >= 11 is 0. The number of nitrogen functional groups attached to an aromatic ring is 1. The van der Waals surface area contributed by atoms with Gasteiger partial charge in [-0.3, -0.25) is 4.68 Å². The van der Waals surface area contributed by atoms with E-state index in [0.29, 0.717) is 16.1 Å². The van der Waals surface area contributed by atoms with E-state index in [9.17, 15) is 13.2 Å². The number of aryl methyl sites for hydroxylation is 2. The first kappa shape index (κ1) is 13.2. The molecule has 0 aliphatic carbocycles. The van der Waals surface area contributed by atoms with Crippen LogP contribution in [0.3, 0.4) is 0 Å². The van der Waals surface area contributed by atoms with Gasteiger partial charge in [0.2, 0.25) is 11.8 Å². The average Bonchev–Trinajstić information content (AvgIpc) is 2.64. The molecule has 0 unspecified atom stereocenters. The molecular weight excluding hydrogens is 261 g/mol. The van der Waals surface area contributed by atoms with Crippen LogP contribution < -0.4 is 10.5 Å². The van der Waals surface area contributed by atoms with E-state index in [0.717, 1.165) is 6.07 Å². The maximum atomic E-state index is 12.6. The predicted octanol–water partition coefficient (Wildman–Crippen LogP) is 2.52. The summed E-state index contributed by atoms with van der Waals surface area (Å²) in [5.74, 6) is -0.0370. The Kier molecular flexibility index (Phi) is 3.09. The summed E-state index contributed by atoms with van der Waals surface area (Å²) < 4.78 is 43.6. The minimum Gasteiger partial charge on any atom is -0.419 e. The summed E-state index contributed by atoms with van der Waals surface area (Å²) in [4.78, 5) is 3.99. The lowest BCUT2D eigenvalue weighted by molar-refractivity contribution is -0.143. The first-order chi connectivity index (χ1) is 8.77. The zero-order valence-electron chi connectivity index (χ0n) is 10.2. The molecule has 2 aromatic heterocycles. The lowest BCUT2D eigenvalue weighted by Crippen LogP contribution is -2.11. The SMILES string of the molecule is Cc1nc(Oc2cc(C(F)(F)F)n(C)n2)ccc1N. The normalized spacial score (nSPS) is 11.6. The Morgan fingerprint density at radius 3 is 2.47 bits per heavy atom. The summed E-state index contributed by atoms with van der Waals surface area (Å²) in [6.45, 7) is 1.67. The minimum absolute atomic E-state index is 0.138. The zero-order valence-corrected chi connectivity index (χ0v) is 10.2. The fourth-order valence-electron chi connectivity index (χ4n) is 1.47. The second-order valence-corrected chi connectivity index (χ2v) is 3.92. The van der Waals surface area contributed by atoms with Crippen molar-refractivity contribution in [3.8, 4) is 11.8 Å². The van der Waals surface area contributed by atoms with Crippen LogP contribution in [0.4, 0.5) is 18.9 Å². The third kappa shape index (κ3) is 2.78. The van der Waals surface area contributed by atoms with E-state index in [1.807, 2.05) is 0 Å². The van der Waals surface area contributed by atoms with E-state index in [1.54, 1.807) is 13.0 Å². The Morgan fingerprint density at radius 2 is 1.95 bits per heavy atom. The van der Waals surface area contributed by atoms with Gasteiger partial charge in [-0.05, 0) is 13.0 Å². The molecular formula is C11H11F3N4O. The van der Waals surface area contributed by atoms with Crippen molar-refractivity contribution in [3.05, 3.63) is 29.6 Å².